The van der Waals surface area contributed by atoms with Crippen LogP contribution in [-0.2, 0) is 9.84 Å². The predicted octanol–water partition coefficient (Wildman–Crippen LogP) is 0.284. The van der Waals surface area contributed by atoms with Gasteiger partial charge in [-0.1, -0.05) is 11.3 Å². The van der Waals surface area contributed by atoms with E-state index in [0.717, 1.165) is 9.90 Å². The van der Waals surface area contributed by atoms with Crippen LogP contribution in [0.25, 0.3) is 0 Å². The maximum absolute atomic E-state index is 11.3. The van der Waals surface area contributed by atoms with E-state index in [1.807, 2.05) is 6.92 Å². The number of aliphatic hydroxyl groups is 1. The van der Waals surface area contributed by atoms with E-state index in [-0.39, 0.29) is 16.8 Å². The van der Waals surface area contributed by atoms with Crippen LogP contribution in [0.2, 0.25) is 0 Å². The summed E-state index contributed by atoms with van der Waals surface area (Å²) >= 11 is 2.68. The molecule has 1 aliphatic rings. The summed E-state index contributed by atoms with van der Waals surface area (Å²) in [6, 6.07) is 0. The molecule has 0 aromatic carbocycles. The minimum absolute atomic E-state index is 0.0239. The molecule has 0 aliphatic carbocycles. The highest BCUT2D eigenvalue weighted by Crippen LogP contribution is 2.37. The second kappa shape index (κ2) is 4.17. The third-order valence-electron chi connectivity index (χ3n) is 2.30. The molecular formula is C8H12N2O3S3. The second-order valence-electron chi connectivity index (χ2n) is 3.73. The molecule has 2 rings (SSSR count). The van der Waals surface area contributed by atoms with Gasteiger partial charge in [0.1, 0.15) is 0 Å². The Hall–Kier alpha value is -0.310. The predicted molar refractivity (Wildman–Crippen MR) is 65.6 cm³/mol. The standard InChI is InChI=1S/C8H12N2O3S3/c1-4-7(15-8(9)10-4)14-6-3-16(12,13)2-5(6)11/h5-6,11H,2-3H2,1H3,(H2,9,10). The highest BCUT2D eigenvalue weighted by molar-refractivity contribution is 8.03. The molecule has 0 spiro atoms. The third kappa shape index (κ3) is 2.50. The van der Waals surface area contributed by atoms with Gasteiger partial charge in [0.25, 0.3) is 0 Å². The zero-order valence-corrected chi connectivity index (χ0v) is 11.0. The van der Waals surface area contributed by atoms with Crippen molar-refractivity contribution in [1.29, 1.82) is 0 Å². The molecule has 1 aromatic rings. The zero-order chi connectivity index (χ0) is 11.9. The van der Waals surface area contributed by atoms with Crippen molar-refractivity contribution in [3.8, 4) is 0 Å². The maximum Gasteiger partial charge on any atom is 0.181 e. The minimum atomic E-state index is -3.09. The van der Waals surface area contributed by atoms with Crippen LogP contribution in [0.3, 0.4) is 0 Å². The summed E-state index contributed by atoms with van der Waals surface area (Å²) in [6.45, 7) is 1.82. The lowest BCUT2D eigenvalue weighted by Crippen LogP contribution is -2.19. The number of hydrogen-bond donors (Lipinski definition) is 2. The van der Waals surface area contributed by atoms with E-state index >= 15 is 0 Å². The average molecular weight is 280 g/mol. The molecule has 1 saturated heterocycles. The Labute approximate surface area is 102 Å². The molecule has 0 amide bonds. The van der Waals surface area contributed by atoms with Gasteiger partial charge in [-0.25, -0.2) is 13.4 Å². The fourth-order valence-electron chi connectivity index (χ4n) is 1.56. The van der Waals surface area contributed by atoms with E-state index in [1.165, 1.54) is 23.1 Å². The van der Waals surface area contributed by atoms with E-state index in [4.69, 9.17) is 5.73 Å². The summed E-state index contributed by atoms with van der Waals surface area (Å²) in [5.74, 6) is -0.117. The number of nitrogens with two attached hydrogens (primary N) is 1. The molecule has 0 saturated carbocycles. The van der Waals surface area contributed by atoms with E-state index in [2.05, 4.69) is 4.98 Å². The van der Waals surface area contributed by atoms with Gasteiger partial charge in [-0.15, -0.1) is 11.8 Å². The van der Waals surface area contributed by atoms with Crippen LogP contribution in [0.15, 0.2) is 4.21 Å². The summed E-state index contributed by atoms with van der Waals surface area (Å²) in [5, 5.41) is 9.80. The zero-order valence-electron chi connectivity index (χ0n) is 8.58. The number of aryl methyl sites for hydroxylation is 1. The number of aromatic nitrogens is 1. The number of hydrogen-bond acceptors (Lipinski definition) is 7. The third-order valence-corrected chi connectivity index (χ3v) is 6.84. The van der Waals surface area contributed by atoms with E-state index in [0.29, 0.717) is 5.13 Å². The molecule has 0 radical (unpaired) electrons. The number of nitrogens with zero attached hydrogens (tertiary/aromatic N) is 1. The van der Waals surface area contributed by atoms with Crippen LogP contribution in [0.5, 0.6) is 0 Å². The topological polar surface area (TPSA) is 93.3 Å². The van der Waals surface area contributed by atoms with Gasteiger partial charge in [-0.05, 0) is 6.92 Å². The number of rotatable bonds is 2. The Morgan fingerprint density at radius 3 is 2.69 bits per heavy atom. The number of aliphatic hydroxyl groups excluding tert-OH is 1. The van der Waals surface area contributed by atoms with Gasteiger partial charge < -0.3 is 10.8 Å². The second-order valence-corrected chi connectivity index (χ2v) is 8.42. The Morgan fingerprint density at radius 2 is 2.25 bits per heavy atom. The smallest absolute Gasteiger partial charge is 0.181 e. The fourth-order valence-corrected chi connectivity index (χ4v) is 6.32. The molecule has 16 heavy (non-hydrogen) atoms. The summed E-state index contributed by atoms with van der Waals surface area (Å²) in [7, 11) is -3.09. The number of anilines is 1. The van der Waals surface area contributed by atoms with Crippen LogP contribution in [-0.4, -0.2) is 41.4 Å². The lowest BCUT2D eigenvalue weighted by molar-refractivity contribution is 0.207. The first-order chi connectivity index (χ1) is 7.37. The van der Waals surface area contributed by atoms with Crippen molar-refractivity contribution < 1.29 is 13.5 Å². The van der Waals surface area contributed by atoms with Gasteiger partial charge >= 0.3 is 0 Å². The molecule has 1 fully saturated rings. The molecule has 1 aliphatic heterocycles. The average Bonchev–Trinajstić information content (AvgIpc) is 2.54. The Morgan fingerprint density at radius 1 is 1.56 bits per heavy atom. The van der Waals surface area contributed by atoms with Gasteiger partial charge in [0.2, 0.25) is 0 Å². The first-order valence-electron chi connectivity index (χ1n) is 4.65. The van der Waals surface area contributed by atoms with Crippen molar-refractivity contribution in [3.63, 3.8) is 0 Å². The summed E-state index contributed by atoms with van der Waals surface area (Å²) in [6.07, 6.45) is -0.794. The van der Waals surface area contributed by atoms with Gasteiger partial charge in [0, 0.05) is 0 Å². The highest BCUT2D eigenvalue weighted by atomic mass is 32.2. The van der Waals surface area contributed by atoms with Gasteiger partial charge in [-0.3, -0.25) is 0 Å². The van der Waals surface area contributed by atoms with Gasteiger partial charge in [0.15, 0.2) is 15.0 Å². The van der Waals surface area contributed by atoms with Crippen LogP contribution in [0, 0.1) is 6.92 Å². The monoisotopic (exact) mass is 280 g/mol. The number of thioether (sulfide) groups is 1. The largest absolute Gasteiger partial charge is 0.391 e. The molecule has 8 heteroatoms. The summed E-state index contributed by atoms with van der Waals surface area (Å²) in [4.78, 5) is 4.06. The molecule has 5 nitrogen and oxygen atoms in total. The quantitative estimate of drug-likeness (QED) is 0.808. The van der Waals surface area contributed by atoms with Crippen LogP contribution < -0.4 is 5.73 Å². The molecule has 2 unspecified atom stereocenters. The molecule has 0 bridgehead atoms. The first-order valence-corrected chi connectivity index (χ1v) is 8.17. The van der Waals surface area contributed by atoms with Crippen LogP contribution in [0.4, 0.5) is 5.13 Å². The van der Waals surface area contributed by atoms with Crippen molar-refractivity contribution in [2.45, 2.75) is 22.5 Å². The summed E-state index contributed by atoms with van der Waals surface area (Å²) in [5.41, 5.74) is 6.35. The number of thiazole rings is 1. The fraction of sp³-hybridized carbons (Fsp3) is 0.625. The SMILES string of the molecule is Cc1nc(N)sc1SC1CS(=O)(=O)CC1O. The molecular weight excluding hydrogens is 268 g/mol. The minimum Gasteiger partial charge on any atom is -0.391 e. The Kier molecular flexibility index (Phi) is 3.17. The van der Waals surface area contributed by atoms with Crippen molar-refractivity contribution in [2.24, 2.45) is 0 Å². The van der Waals surface area contributed by atoms with E-state index in [1.54, 1.807) is 0 Å². The summed E-state index contributed by atoms with van der Waals surface area (Å²) < 4.78 is 23.5. The van der Waals surface area contributed by atoms with Crippen molar-refractivity contribution in [3.05, 3.63) is 5.69 Å². The highest BCUT2D eigenvalue weighted by Gasteiger charge is 2.37. The van der Waals surface area contributed by atoms with Gasteiger partial charge in [0.05, 0.1) is 32.8 Å². The molecule has 2 heterocycles. The van der Waals surface area contributed by atoms with Crippen molar-refractivity contribution in [2.75, 3.05) is 17.2 Å². The maximum atomic E-state index is 11.3. The van der Waals surface area contributed by atoms with Crippen LogP contribution in [0.1, 0.15) is 5.69 Å². The molecule has 3 N–H and O–H groups in total. The Bertz CT molecular complexity index is 497. The van der Waals surface area contributed by atoms with Crippen LogP contribution >= 0.6 is 23.1 Å². The lowest BCUT2D eigenvalue weighted by atomic mass is 10.3. The molecule has 2 atom stereocenters. The van der Waals surface area contributed by atoms with Crippen molar-refractivity contribution in [1.82, 2.24) is 4.98 Å². The number of nitrogen functional groups attached to an aromatic ring is 1. The lowest BCUT2D eigenvalue weighted by Gasteiger charge is -2.10. The molecule has 1 aromatic heterocycles. The van der Waals surface area contributed by atoms with E-state index in [9.17, 15) is 13.5 Å². The normalized spacial score (nSPS) is 28.4. The first kappa shape index (κ1) is 12.2. The van der Waals surface area contributed by atoms with Gasteiger partial charge in [-0.2, -0.15) is 0 Å². The number of sulfone groups is 1. The Balaban J connectivity index is 2.14. The molecule has 90 valence electrons. The van der Waals surface area contributed by atoms with Crippen molar-refractivity contribution >= 4 is 38.1 Å². The van der Waals surface area contributed by atoms with E-state index < -0.39 is 15.9 Å².